The molecule has 0 amide bonds. The Bertz CT molecular complexity index is 1740. The van der Waals surface area contributed by atoms with Gasteiger partial charge in [0.1, 0.15) is 5.60 Å². The molecule has 0 saturated heterocycles. The lowest BCUT2D eigenvalue weighted by Crippen LogP contribution is -2.59. The van der Waals surface area contributed by atoms with Crippen LogP contribution in [0.15, 0.2) is 97.1 Å². The van der Waals surface area contributed by atoms with Gasteiger partial charge in [-0.2, -0.15) is 5.26 Å². The lowest BCUT2D eigenvalue weighted by atomic mass is 9.47. The summed E-state index contributed by atoms with van der Waals surface area (Å²) in [6.45, 7) is 1.62. The first-order valence-electron chi connectivity index (χ1n) is 13.9. The summed E-state index contributed by atoms with van der Waals surface area (Å²) in [6.07, 6.45) is -0.192. The quantitative estimate of drug-likeness (QED) is 0.157. The highest BCUT2D eigenvalue weighted by atomic mass is 35.5. The number of benzene rings is 4. The molecule has 1 aliphatic carbocycles. The fourth-order valence-electron chi connectivity index (χ4n) is 6.51. The standard InChI is InChI=1S/C35H27Cl4NO4/c1-2-44-33(42)34(20-40)25(22-13-15-26(36)28(38)17-22)19-35(43,24-11-7-4-8-12-24)31(32(41)21-9-5-3-6-10-21)30(34)23-14-16-27(37)29(39)18-23/h3-18,25,30-31,43H,2,19H2,1H3/t25-,30-,31+,34+,35-/m0/s1. The number of ether oxygens (including phenoxy) is 1. The van der Waals surface area contributed by atoms with Gasteiger partial charge in [0.25, 0.3) is 0 Å². The lowest BCUT2D eigenvalue weighted by Gasteiger charge is -2.54. The molecule has 0 heterocycles. The number of Topliss-reactive ketones (excluding diaryl/α,β-unsaturated/α-hetero) is 1. The van der Waals surface area contributed by atoms with Crippen molar-refractivity contribution in [1.29, 1.82) is 5.26 Å². The van der Waals surface area contributed by atoms with E-state index in [0.717, 1.165) is 0 Å². The van der Waals surface area contributed by atoms with E-state index in [0.29, 0.717) is 22.3 Å². The number of rotatable bonds is 7. The van der Waals surface area contributed by atoms with Gasteiger partial charge in [0.2, 0.25) is 0 Å². The molecule has 5 nitrogen and oxygen atoms in total. The van der Waals surface area contributed by atoms with Gasteiger partial charge in [0.15, 0.2) is 11.2 Å². The number of nitrogens with zero attached hydrogens (tertiary/aromatic N) is 1. The zero-order valence-corrected chi connectivity index (χ0v) is 26.5. The van der Waals surface area contributed by atoms with E-state index in [1.165, 1.54) is 6.07 Å². The van der Waals surface area contributed by atoms with E-state index >= 15 is 0 Å². The minimum Gasteiger partial charge on any atom is -0.465 e. The molecule has 1 fully saturated rings. The maximum atomic E-state index is 14.7. The van der Waals surface area contributed by atoms with Crippen LogP contribution in [0, 0.1) is 22.7 Å². The van der Waals surface area contributed by atoms with Crippen LogP contribution in [-0.4, -0.2) is 23.5 Å². The normalized spacial score (nSPS) is 24.7. The van der Waals surface area contributed by atoms with Gasteiger partial charge in [0, 0.05) is 17.4 Å². The number of nitriles is 1. The van der Waals surface area contributed by atoms with Gasteiger partial charge in [-0.1, -0.05) is 119 Å². The highest BCUT2D eigenvalue weighted by Gasteiger charge is 2.67. The van der Waals surface area contributed by atoms with Crippen molar-refractivity contribution in [1.82, 2.24) is 0 Å². The maximum absolute atomic E-state index is 14.7. The topological polar surface area (TPSA) is 87.4 Å². The molecule has 44 heavy (non-hydrogen) atoms. The van der Waals surface area contributed by atoms with Crippen LogP contribution in [0.1, 0.15) is 52.2 Å². The van der Waals surface area contributed by atoms with Crippen molar-refractivity contribution in [3.05, 3.63) is 139 Å². The second-order valence-corrected chi connectivity index (χ2v) is 12.4. The summed E-state index contributed by atoms with van der Waals surface area (Å²) in [5, 5.41) is 25.1. The number of carbonyl (C=O) groups is 2. The van der Waals surface area contributed by atoms with Crippen molar-refractivity contribution in [3.8, 4) is 6.07 Å². The molecule has 9 heteroatoms. The maximum Gasteiger partial charge on any atom is 0.327 e. The Morgan fingerprint density at radius 2 is 1.39 bits per heavy atom. The first-order valence-corrected chi connectivity index (χ1v) is 15.4. The summed E-state index contributed by atoms with van der Waals surface area (Å²) in [5.41, 5.74) is -2.32. The minimum atomic E-state index is -2.03. The predicted molar refractivity (Wildman–Crippen MR) is 172 cm³/mol. The Kier molecular flexibility index (Phi) is 9.41. The molecular weight excluding hydrogens is 640 g/mol. The van der Waals surface area contributed by atoms with Crippen LogP contribution in [0.5, 0.6) is 0 Å². The Balaban J connectivity index is 1.92. The number of hydrogen-bond acceptors (Lipinski definition) is 5. The molecule has 1 N–H and O–H groups in total. The van der Waals surface area contributed by atoms with E-state index in [-0.39, 0.29) is 33.1 Å². The van der Waals surface area contributed by atoms with Crippen molar-refractivity contribution in [3.63, 3.8) is 0 Å². The predicted octanol–water partition coefficient (Wildman–Crippen LogP) is 9.03. The lowest BCUT2D eigenvalue weighted by molar-refractivity contribution is -0.164. The molecule has 1 aliphatic rings. The first-order chi connectivity index (χ1) is 21.1. The molecule has 224 valence electrons. The Labute approximate surface area is 275 Å². The number of carbonyl (C=O) groups excluding carboxylic acids is 2. The van der Waals surface area contributed by atoms with Crippen LogP contribution in [-0.2, 0) is 15.1 Å². The third kappa shape index (κ3) is 5.51. The summed E-state index contributed by atoms with van der Waals surface area (Å²) in [4.78, 5) is 29.1. The molecule has 4 aromatic rings. The molecule has 0 unspecified atom stereocenters. The summed E-state index contributed by atoms with van der Waals surface area (Å²) >= 11 is 25.6. The number of esters is 1. The molecule has 1 saturated carbocycles. The smallest absolute Gasteiger partial charge is 0.327 e. The Morgan fingerprint density at radius 1 is 0.841 bits per heavy atom. The van der Waals surface area contributed by atoms with Crippen LogP contribution in [0.25, 0.3) is 0 Å². The molecule has 5 atom stereocenters. The van der Waals surface area contributed by atoms with Crippen molar-refractivity contribution in [2.45, 2.75) is 30.8 Å². The van der Waals surface area contributed by atoms with Gasteiger partial charge < -0.3 is 9.84 Å². The Hall–Kier alpha value is -3.37. The minimum absolute atomic E-state index is 0.0231. The number of aliphatic hydroxyl groups is 1. The average molecular weight is 667 g/mol. The SMILES string of the molecule is CCOC(=O)[C@]1(C#N)[C@H](c2ccc(Cl)c(Cl)c2)C[C@](O)(c2ccccc2)[C@@H](C(=O)c2ccccc2)[C@@H]1c1ccc(Cl)c(Cl)c1. The number of hydrogen-bond donors (Lipinski definition) is 1. The molecule has 0 aliphatic heterocycles. The summed E-state index contributed by atoms with van der Waals surface area (Å²) < 4.78 is 5.62. The van der Waals surface area contributed by atoms with Gasteiger partial charge >= 0.3 is 5.97 Å². The Morgan fingerprint density at radius 3 is 1.93 bits per heavy atom. The zero-order chi connectivity index (χ0) is 31.6. The molecule has 0 radical (unpaired) electrons. The van der Waals surface area contributed by atoms with E-state index in [4.69, 9.17) is 51.1 Å². The van der Waals surface area contributed by atoms with E-state index in [2.05, 4.69) is 6.07 Å². The van der Waals surface area contributed by atoms with Gasteiger partial charge in [-0.05, 0) is 54.3 Å². The highest BCUT2D eigenvalue weighted by molar-refractivity contribution is 6.42. The largest absolute Gasteiger partial charge is 0.465 e. The fourth-order valence-corrected chi connectivity index (χ4v) is 7.13. The average Bonchev–Trinajstić information content (AvgIpc) is 3.04. The van der Waals surface area contributed by atoms with Gasteiger partial charge in [-0.3, -0.25) is 9.59 Å². The van der Waals surface area contributed by atoms with Crippen LogP contribution in [0.4, 0.5) is 0 Å². The molecule has 0 bridgehead atoms. The van der Waals surface area contributed by atoms with E-state index in [1.807, 2.05) is 0 Å². The number of halogens is 4. The molecule has 4 aromatic carbocycles. The third-order valence-electron chi connectivity index (χ3n) is 8.46. The van der Waals surface area contributed by atoms with Gasteiger partial charge in [-0.25, -0.2) is 0 Å². The molecule has 0 spiro atoms. The van der Waals surface area contributed by atoms with Gasteiger partial charge in [0.05, 0.1) is 38.7 Å². The second-order valence-electron chi connectivity index (χ2n) is 10.8. The highest BCUT2D eigenvalue weighted by Crippen LogP contribution is 2.64. The van der Waals surface area contributed by atoms with Crippen LogP contribution in [0.2, 0.25) is 20.1 Å². The first kappa shape index (κ1) is 32.0. The third-order valence-corrected chi connectivity index (χ3v) is 9.94. The van der Waals surface area contributed by atoms with E-state index < -0.39 is 40.5 Å². The van der Waals surface area contributed by atoms with Crippen molar-refractivity contribution in [2.75, 3.05) is 6.61 Å². The monoisotopic (exact) mass is 665 g/mol. The van der Waals surface area contributed by atoms with Crippen molar-refractivity contribution >= 4 is 58.2 Å². The molecular formula is C35H27Cl4NO4. The fraction of sp³-hybridized carbons (Fsp3) is 0.229. The summed E-state index contributed by atoms with van der Waals surface area (Å²) in [5.74, 6) is -4.90. The molecule has 5 rings (SSSR count). The second kappa shape index (κ2) is 12.9. The van der Waals surface area contributed by atoms with Crippen molar-refractivity contribution in [2.24, 2.45) is 11.3 Å². The van der Waals surface area contributed by atoms with E-state index in [9.17, 15) is 20.0 Å². The van der Waals surface area contributed by atoms with Gasteiger partial charge in [-0.15, -0.1) is 0 Å². The molecule has 0 aromatic heterocycles. The van der Waals surface area contributed by atoms with Crippen LogP contribution >= 0.6 is 46.4 Å². The van der Waals surface area contributed by atoms with E-state index in [1.54, 1.807) is 97.9 Å². The van der Waals surface area contributed by atoms with Crippen LogP contribution < -0.4 is 0 Å². The van der Waals surface area contributed by atoms with Crippen molar-refractivity contribution < 1.29 is 19.4 Å². The van der Waals surface area contributed by atoms with Crippen LogP contribution in [0.3, 0.4) is 0 Å². The summed E-state index contributed by atoms with van der Waals surface area (Å²) in [7, 11) is 0. The summed E-state index contributed by atoms with van der Waals surface area (Å²) in [6, 6.07) is 29.1. The number of ketones is 1. The zero-order valence-electron chi connectivity index (χ0n) is 23.5.